The average molecular weight is 350 g/mol. The van der Waals surface area contributed by atoms with Crippen LogP contribution in [-0.2, 0) is 17.7 Å². The van der Waals surface area contributed by atoms with Crippen LogP contribution < -0.4 is 15.5 Å². The highest BCUT2D eigenvalue weighted by atomic mass is 16.5. The van der Waals surface area contributed by atoms with E-state index in [-0.39, 0.29) is 6.03 Å². The number of carbonyl (C=O) groups is 1. The quantitative estimate of drug-likeness (QED) is 0.869. The SMILES string of the molecule is N#CCc1ccc(NC(=O)NCc2ccc(N3CCOCC3)cc2)cc1. The first-order chi connectivity index (χ1) is 12.7. The molecule has 0 aliphatic carbocycles. The van der Waals surface area contributed by atoms with Crippen molar-refractivity contribution in [3.05, 3.63) is 59.7 Å². The average Bonchev–Trinajstić information content (AvgIpc) is 2.69. The molecule has 1 aliphatic heterocycles. The molecule has 2 N–H and O–H groups in total. The van der Waals surface area contributed by atoms with Crippen LogP contribution in [0.5, 0.6) is 0 Å². The molecule has 0 saturated carbocycles. The van der Waals surface area contributed by atoms with Gasteiger partial charge in [-0.2, -0.15) is 5.26 Å². The smallest absolute Gasteiger partial charge is 0.319 e. The molecule has 1 heterocycles. The summed E-state index contributed by atoms with van der Waals surface area (Å²) in [6, 6.07) is 17.3. The van der Waals surface area contributed by atoms with Gasteiger partial charge in [-0.25, -0.2) is 4.79 Å². The van der Waals surface area contributed by atoms with Crippen LogP contribution in [0.2, 0.25) is 0 Å². The van der Waals surface area contributed by atoms with Crippen molar-refractivity contribution in [1.82, 2.24) is 5.32 Å². The number of ether oxygens (including phenoxy) is 1. The van der Waals surface area contributed by atoms with Crippen LogP contribution >= 0.6 is 0 Å². The van der Waals surface area contributed by atoms with Gasteiger partial charge in [0.05, 0.1) is 25.7 Å². The van der Waals surface area contributed by atoms with Gasteiger partial charge in [0.25, 0.3) is 0 Å². The number of amides is 2. The molecule has 0 radical (unpaired) electrons. The zero-order chi connectivity index (χ0) is 18.2. The minimum absolute atomic E-state index is 0.254. The standard InChI is InChI=1S/C20H22N4O2/c21-10-9-16-1-5-18(6-2-16)23-20(25)22-15-17-3-7-19(8-4-17)24-11-13-26-14-12-24/h1-8H,9,11-15H2,(H2,22,23,25). The fourth-order valence-corrected chi connectivity index (χ4v) is 2.80. The van der Waals surface area contributed by atoms with E-state index in [2.05, 4.69) is 33.7 Å². The molecule has 0 unspecified atom stereocenters. The maximum absolute atomic E-state index is 12.0. The highest BCUT2D eigenvalue weighted by Gasteiger charge is 2.10. The molecule has 1 aliphatic rings. The summed E-state index contributed by atoms with van der Waals surface area (Å²) in [6.45, 7) is 3.81. The molecule has 1 saturated heterocycles. The third kappa shape index (κ3) is 4.98. The minimum Gasteiger partial charge on any atom is -0.378 e. The minimum atomic E-state index is -0.254. The number of morpholine rings is 1. The van der Waals surface area contributed by atoms with Crippen molar-refractivity contribution in [2.75, 3.05) is 36.5 Å². The summed E-state index contributed by atoms with van der Waals surface area (Å²) in [5, 5.41) is 14.3. The molecule has 26 heavy (non-hydrogen) atoms. The van der Waals surface area contributed by atoms with Gasteiger partial charge in [0, 0.05) is 31.0 Å². The molecule has 2 amide bonds. The van der Waals surface area contributed by atoms with E-state index in [9.17, 15) is 4.79 Å². The monoisotopic (exact) mass is 350 g/mol. The Morgan fingerprint density at radius 1 is 1.04 bits per heavy atom. The van der Waals surface area contributed by atoms with Crippen LogP contribution in [0.25, 0.3) is 0 Å². The molecule has 0 spiro atoms. The number of anilines is 2. The Balaban J connectivity index is 1.47. The van der Waals surface area contributed by atoms with E-state index in [1.54, 1.807) is 12.1 Å². The number of carbonyl (C=O) groups excluding carboxylic acids is 1. The zero-order valence-electron chi connectivity index (χ0n) is 14.6. The number of nitriles is 1. The van der Waals surface area contributed by atoms with E-state index in [1.807, 2.05) is 24.3 Å². The summed E-state index contributed by atoms with van der Waals surface area (Å²) >= 11 is 0. The fourth-order valence-electron chi connectivity index (χ4n) is 2.80. The number of nitrogens with zero attached hydrogens (tertiary/aromatic N) is 2. The van der Waals surface area contributed by atoms with Crippen LogP contribution in [0.15, 0.2) is 48.5 Å². The summed E-state index contributed by atoms with van der Waals surface area (Å²) in [7, 11) is 0. The lowest BCUT2D eigenvalue weighted by Crippen LogP contribution is -2.36. The first-order valence-electron chi connectivity index (χ1n) is 8.67. The molecular weight excluding hydrogens is 328 g/mol. The number of benzene rings is 2. The highest BCUT2D eigenvalue weighted by Crippen LogP contribution is 2.16. The van der Waals surface area contributed by atoms with Gasteiger partial charge in [0.2, 0.25) is 0 Å². The van der Waals surface area contributed by atoms with Gasteiger partial charge >= 0.3 is 6.03 Å². The van der Waals surface area contributed by atoms with E-state index < -0.39 is 0 Å². The van der Waals surface area contributed by atoms with Crippen molar-refractivity contribution in [3.8, 4) is 6.07 Å². The zero-order valence-corrected chi connectivity index (χ0v) is 14.6. The first-order valence-corrected chi connectivity index (χ1v) is 8.67. The van der Waals surface area contributed by atoms with Crippen molar-refractivity contribution in [3.63, 3.8) is 0 Å². The normalized spacial score (nSPS) is 13.7. The predicted octanol–water partition coefficient (Wildman–Crippen LogP) is 2.91. The Kier molecular flexibility index (Phi) is 6.07. The molecule has 6 nitrogen and oxygen atoms in total. The van der Waals surface area contributed by atoms with Crippen LogP contribution in [0.3, 0.4) is 0 Å². The molecule has 134 valence electrons. The lowest BCUT2D eigenvalue weighted by atomic mass is 10.1. The number of nitrogens with one attached hydrogen (secondary N) is 2. The van der Waals surface area contributed by atoms with E-state index in [0.29, 0.717) is 18.7 Å². The van der Waals surface area contributed by atoms with Crippen molar-refractivity contribution in [1.29, 1.82) is 5.26 Å². The Morgan fingerprint density at radius 3 is 2.35 bits per heavy atom. The molecule has 0 atom stereocenters. The Hall–Kier alpha value is -3.04. The van der Waals surface area contributed by atoms with Crippen LogP contribution in [0.1, 0.15) is 11.1 Å². The van der Waals surface area contributed by atoms with Crippen LogP contribution in [0, 0.1) is 11.3 Å². The van der Waals surface area contributed by atoms with E-state index in [1.165, 1.54) is 5.69 Å². The lowest BCUT2D eigenvalue weighted by molar-refractivity contribution is 0.122. The second-order valence-electron chi connectivity index (χ2n) is 6.11. The van der Waals surface area contributed by atoms with Gasteiger partial charge in [0.1, 0.15) is 0 Å². The topological polar surface area (TPSA) is 77.4 Å². The van der Waals surface area contributed by atoms with Crippen LogP contribution in [0.4, 0.5) is 16.2 Å². The van der Waals surface area contributed by atoms with Crippen molar-refractivity contribution in [2.24, 2.45) is 0 Å². The summed E-state index contributed by atoms with van der Waals surface area (Å²) in [4.78, 5) is 14.3. The molecule has 6 heteroatoms. The predicted molar refractivity (Wildman–Crippen MR) is 101 cm³/mol. The van der Waals surface area contributed by atoms with E-state index >= 15 is 0 Å². The highest BCUT2D eigenvalue weighted by molar-refractivity contribution is 5.89. The molecule has 0 bridgehead atoms. The Labute approximate surface area is 153 Å². The van der Waals surface area contributed by atoms with Gasteiger partial charge < -0.3 is 20.3 Å². The number of hydrogen-bond donors (Lipinski definition) is 2. The van der Waals surface area contributed by atoms with E-state index in [4.69, 9.17) is 10.00 Å². The van der Waals surface area contributed by atoms with Gasteiger partial charge in [-0.15, -0.1) is 0 Å². The number of urea groups is 1. The molecule has 2 aromatic carbocycles. The van der Waals surface area contributed by atoms with Gasteiger partial charge in [-0.05, 0) is 35.4 Å². The molecule has 0 aromatic heterocycles. The van der Waals surface area contributed by atoms with E-state index in [0.717, 1.165) is 37.4 Å². The molecule has 3 rings (SSSR count). The summed E-state index contributed by atoms with van der Waals surface area (Å²) in [5.74, 6) is 0. The Morgan fingerprint density at radius 2 is 1.69 bits per heavy atom. The maximum Gasteiger partial charge on any atom is 0.319 e. The molecule has 2 aromatic rings. The third-order valence-corrected chi connectivity index (χ3v) is 4.26. The van der Waals surface area contributed by atoms with Gasteiger partial charge in [-0.1, -0.05) is 24.3 Å². The van der Waals surface area contributed by atoms with Gasteiger partial charge in [-0.3, -0.25) is 0 Å². The van der Waals surface area contributed by atoms with Crippen molar-refractivity contribution in [2.45, 2.75) is 13.0 Å². The largest absolute Gasteiger partial charge is 0.378 e. The summed E-state index contributed by atoms with van der Waals surface area (Å²) < 4.78 is 5.37. The summed E-state index contributed by atoms with van der Waals surface area (Å²) in [5.41, 5.74) is 3.85. The fraction of sp³-hybridized carbons (Fsp3) is 0.300. The first kappa shape index (κ1) is 17.8. The second kappa shape index (κ2) is 8.88. The second-order valence-corrected chi connectivity index (χ2v) is 6.11. The third-order valence-electron chi connectivity index (χ3n) is 4.26. The molecule has 1 fully saturated rings. The Bertz CT molecular complexity index is 760. The van der Waals surface area contributed by atoms with Crippen LogP contribution in [-0.4, -0.2) is 32.3 Å². The summed E-state index contributed by atoms with van der Waals surface area (Å²) in [6.07, 6.45) is 0.368. The maximum atomic E-state index is 12.0. The number of rotatable bonds is 5. The van der Waals surface area contributed by atoms with Crippen molar-refractivity contribution >= 4 is 17.4 Å². The van der Waals surface area contributed by atoms with Crippen molar-refractivity contribution < 1.29 is 9.53 Å². The molecular formula is C20H22N4O2. The lowest BCUT2D eigenvalue weighted by Gasteiger charge is -2.28. The number of hydrogen-bond acceptors (Lipinski definition) is 4. The van der Waals surface area contributed by atoms with Gasteiger partial charge in [0.15, 0.2) is 0 Å².